The molecule has 1 heterocycles. The van der Waals surface area contributed by atoms with Gasteiger partial charge in [-0.1, -0.05) is 54.6 Å². The van der Waals surface area contributed by atoms with Gasteiger partial charge in [-0.3, -0.25) is 4.79 Å². The molecule has 8 heteroatoms. The van der Waals surface area contributed by atoms with E-state index in [-0.39, 0.29) is 37.6 Å². The van der Waals surface area contributed by atoms with E-state index >= 15 is 0 Å². The number of nitrogens with one attached hydrogen (secondary N) is 1. The van der Waals surface area contributed by atoms with Crippen LogP contribution in [0.3, 0.4) is 0 Å². The Labute approximate surface area is 197 Å². The zero-order valence-corrected chi connectivity index (χ0v) is 18.8. The number of alkyl halides is 3. The van der Waals surface area contributed by atoms with Crippen molar-refractivity contribution >= 4 is 29.1 Å². The number of hydrogen-bond donors (Lipinski definition) is 1. The Morgan fingerprint density at radius 3 is 2.61 bits per heavy atom. The first kappa shape index (κ1) is 25.0. The number of morpholine rings is 1. The van der Waals surface area contributed by atoms with Crippen LogP contribution in [0.5, 0.6) is 0 Å². The Morgan fingerprint density at radius 1 is 1.03 bits per heavy atom. The summed E-state index contributed by atoms with van der Waals surface area (Å²) in [7, 11) is 0. The lowest BCUT2D eigenvalue weighted by atomic mass is 10.0. The highest BCUT2D eigenvalue weighted by Gasteiger charge is 2.31. The van der Waals surface area contributed by atoms with Crippen molar-refractivity contribution in [1.82, 2.24) is 10.2 Å². The molecule has 33 heavy (non-hydrogen) atoms. The normalized spacial score (nSPS) is 16.6. The van der Waals surface area contributed by atoms with Crippen LogP contribution in [0.2, 0.25) is 0 Å². The largest absolute Gasteiger partial charge is 0.416 e. The highest BCUT2D eigenvalue weighted by Crippen LogP contribution is 2.30. The molecule has 1 atom stereocenters. The fourth-order valence-electron chi connectivity index (χ4n) is 4.02. The maximum absolute atomic E-state index is 13.0. The molecule has 4 nitrogen and oxygen atoms in total. The summed E-state index contributed by atoms with van der Waals surface area (Å²) in [6, 6.07) is 19.7. The standard InChI is InChI=1S/C25H25F3N2O2.ClH/c26-25(27,28)21-9-3-5-18(13-21)15-30-16-22(32-17-24(30)31)14-29-12-11-20-8-4-7-19-6-1-2-10-23(19)20;/h1-10,13,22,29H,11-12,14-17H2;1H. The van der Waals surface area contributed by atoms with Gasteiger partial charge in [0, 0.05) is 19.6 Å². The van der Waals surface area contributed by atoms with Crippen LogP contribution in [-0.2, 0) is 28.7 Å². The third-order valence-corrected chi connectivity index (χ3v) is 5.67. The molecule has 3 aromatic rings. The van der Waals surface area contributed by atoms with E-state index in [9.17, 15) is 18.0 Å². The fourth-order valence-corrected chi connectivity index (χ4v) is 4.02. The number of rotatable bonds is 7. The van der Waals surface area contributed by atoms with Crippen LogP contribution >= 0.6 is 12.4 Å². The Hall–Kier alpha value is -2.61. The van der Waals surface area contributed by atoms with E-state index < -0.39 is 11.7 Å². The molecule has 1 saturated heterocycles. The lowest BCUT2D eigenvalue weighted by Gasteiger charge is -2.33. The minimum atomic E-state index is -4.40. The van der Waals surface area contributed by atoms with Gasteiger partial charge in [-0.15, -0.1) is 12.4 Å². The van der Waals surface area contributed by atoms with Crippen molar-refractivity contribution in [1.29, 1.82) is 0 Å². The lowest BCUT2D eigenvalue weighted by molar-refractivity contribution is -0.149. The van der Waals surface area contributed by atoms with Gasteiger partial charge in [0.05, 0.1) is 11.7 Å². The zero-order chi connectivity index (χ0) is 22.6. The van der Waals surface area contributed by atoms with Gasteiger partial charge in [0.1, 0.15) is 6.61 Å². The van der Waals surface area contributed by atoms with Crippen molar-refractivity contribution in [3.63, 3.8) is 0 Å². The first-order valence-electron chi connectivity index (χ1n) is 10.6. The van der Waals surface area contributed by atoms with Gasteiger partial charge < -0.3 is 15.0 Å². The number of nitrogens with zero attached hydrogens (tertiary/aromatic N) is 1. The molecule has 1 amide bonds. The molecule has 0 aliphatic carbocycles. The van der Waals surface area contributed by atoms with Crippen molar-refractivity contribution in [3.8, 4) is 0 Å². The van der Waals surface area contributed by atoms with E-state index in [0.717, 1.165) is 25.1 Å². The quantitative estimate of drug-likeness (QED) is 0.494. The summed E-state index contributed by atoms with van der Waals surface area (Å²) in [6.45, 7) is 1.75. The van der Waals surface area contributed by atoms with E-state index in [1.165, 1.54) is 22.4 Å². The van der Waals surface area contributed by atoms with Crippen molar-refractivity contribution in [2.75, 3.05) is 26.2 Å². The molecule has 1 unspecified atom stereocenters. The SMILES string of the molecule is Cl.O=C1COC(CNCCc2cccc3ccccc23)CN1Cc1cccc(C(F)(F)F)c1. The molecule has 1 aliphatic rings. The second kappa shape index (κ2) is 11.0. The third-order valence-electron chi connectivity index (χ3n) is 5.67. The summed E-state index contributed by atoms with van der Waals surface area (Å²) in [6.07, 6.45) is -3.74. The summed E-state index contributed by atoms with van der Waals surface area (Å²) in [4.78, 5) is 13.8. The lowest BCUT2D eigenvalue weighted by Crippen LogP contribution is -2.49. The van der Waals surface area contributed by atoms with Crippen LogP contribution in [0.4, 0.5) is 13.2 Å². The molecule has 0 radical (unpaired) electrons. The Kier molecular flexibility index (Phi) is 8.35. The Morgan fingerprint density at radius 2 is 1.79 bits per heavy atom. The Balaban J connectivity index is 0.00000306. The van der Waals surface area contributed by atoms with Crippen LogP contribution in [0.1, 0.15) is 16.7 Å². The van der Waals surface area contributed by atoms with Crippen molar-refractivity contribution in [2.45, 2.75) is 25.2 Å². The van der Waals surface area contributed by atoms with Crippen LogP contribution in [0.15, 0.2) is 66.7 Å². The number of carbonyl (C=O) groups excluding carboxylic acids is 1. The maximum Gasteiger partial charge on any atom is 0.416 e. The molecule has 0 saturated carbocycles. The van der Waals surface area contributed by atoms with Crippen molar-refractivity contribution in [3.05, 3.63) is 83.4 Å². The number of amides is 1. The van der Waals surface area contributed by atoms with Crippen molar-refractivity contribution < 1.29 is 22.7 Å². The summed E-state index contributed by atoms with van der Waals surface area (Å²) < 4.78 is 44.5. The second-order valence-corrected chi connectivity index (χ2v) is 8.00. The first-order chi connectivity index (χ1) is 15.4. The summed E-state index contributed by atoms with van der Waals surface area (Å²) >= 11 is 0. The topological polar surface area (TPSA) is 41.6 Å². The molecular formula is C25H26ClF3N2O2. The van der Waals surface area contributed by atoms with E-state index in [1.807, 2.05) is 12.1 Å². The van der Waals surface area contributed by atoms with Crippen LogP contribution < -0.4 is 5.32 Å². The highest BCUT2D eigenvalue weighted by atomic mass is 35.5. The van der Waals surface area contributed by atoms with Gasteiger partial charge in [-0.25, -0.2) is 0 Å². The third kappa shape index (κ3) is 6.47. The van der Waals surface area contributed by atoms with Crippen molar-refractivity contribution in [2.24, 2.45) is 0 Å². The molecule has 0 bridgehead atoms. The van der Waals surface area contributed by atoms with Gasteiger partial charge in [0.25, 0.3) is 0 Å². The molecule has 1 aliphatic heterocycles. The molecule has 1 fully saturated rings. The summed E-state index contributed by atoms with van der Waals surface area (Å²) in [5.41, 5.74) is 1.02. The van der Waals surface area contributed by atoms with Crippen LogP contribution in [-0.4, -0.2) is 43.2 Å². The van der Waals surface area contributed by atoms with Crippen LogP contribution in [0.25, 0.3) is 10.8 Å². The highest BCUT2D eigenvalue weighted by molar-refractivity contribution is 5.86. The van der Waals surface area contributed by atoms with E-state index in [1.54, 1.807) is 11.0 Å². The molecule has 4 rings (SSSR count). The molecule has 0 aromatic heterocycles. The smallest absolute Gasteiger partial charge is 0.365 e. The number of hydrogen-bond acceptors (Lipinski definition) is 3. The van der Waals surface area contributed by atoms with Gasteiger partial charge in [-0.05, 0) is 47.0 Å². The average Bonchev–Trinajstić information content (AvgIpc) is 2.78. The van der Waals surface area contributed by atoms with Gasteiger partial charge >= 0.3 is 6.18 Å². The molecule has 176 valence electrons. The first-order valence-corrected chi connectivity index (χ1v) is 10.6. The molecule has 3 aromatic carbocycles. The Bertz CT molecular complexity index is 1090. The average molecular weight is 479 g/mol. The predicted octanol–water partition coefficient (Wildman–Crippen LogP) is 4.84. The second-order valence-electron chi connectivity index (χ2n) is 8.00. The van der Waals surface area contributed by atoms with E-state index in [0.29, 0.717) is 18.7 Å². The van der Waals surface area contributed by atoms with Gasteiger partial charge in [-0.2, -0.15) is 13.2 Å². The number of benzene rings is 3. The van der Waals surface area contributed by atoms with Gasteiger partial charge in [0.2, 0.25) is 5.91 Å². The summed E-state index contributed by atoms with van der Waals surface area (Å²) in [5, 5.41) is 5.84. The van der Waals surface area contributed by atoms with Crippen LogP contribution in [0, 0.1) is 0 Å². The predicted molar refractivity (Wildman–Crippen MR) is 124 cm³/mol. The number of carbonyl (C=O) groups is 1. The fraction of sp³-hybridized carbons (Fsp3) is 0.320. The minimum Gasteiger partial charge on any atom is -0.365 e. The minimum absolute atomic E-state index is 0. The molecule has 0 spiro atoms. The number of halogens is 4. The van der Waals surface area contributed by atoms with E-state index in [4.69, 9.17) is 4.74 Å². The maximum atomic E-state index is 13.0. The number of fused-ring (bicyclic) bond motifs is 1. The summed E-state index contributed by atoms with van der Waals surface area (Å²) in [5.74, 6) is -0.214. The van der Waals surface area contributed by atoms with Gasteiger partial charge in [0.15, 0.2) is 0 Å². The monoisotopic (exact) mass is 478 g/mol. The zero-order valence-electron chi connectivity index (χ0n) is 18.0. The van der Waals surface area contributed by atoms with E-state index in [2.05, 4.69) is 35.6 Å². The molecular weight excluding hydrogens is 453 g/mol. The molecule has 1 N–H and O–H groups in total. The number of ether oxygens (including phenoxy) is 1.